The van der Waals surface area contributed by atoms with Crippen LogP contribution in [0.4, 0.5) is 0 Å². The second kappa shape index (κ2) is 14.5. The van der Waals surface area contributed by atoms with Crippen molar-refractivity contribution in [2.75, 3.05) is 0 Å². The summed E-state index contributed by atoms with van der Waals surface area (Å²) in [5, 5.41) is 12.9. The van der Waals surface area contributed by atoms with Gasteiger partial charge in [0, 0.05) is 43.7 Å². The Labute approximate surface area is 372 Å². The van der Waals surface area contributed by atoms with Crippen LogP contribution >= 0.6 is 0 Å². The van der Waals surface area contributed by atoms with Crippen LogP contribution in [-0.4, -0.2) is 21.8 Å². The van der Waals surface area contributed by atoms with Crippen LogP contribution in [0.15, 0.2) is 249 Å². The van der Waals surface area contributed by atoms with Crippen LogP contribution in [0.2, 0.25) is 0 Å². The quantitative estimate of drug-likeness (QED) is 0.112. The van der Waals surface area contributed by atoms with Gasteiger partial charge in [0.1, 0.15) is 0 Å². The Morgan fingerprint density at radius 1 is 0.234 bits per heavy atom. The number of benzene rings is 10. The molecule has 3 aromatic heterocycles. The predicted molar refractivity (Wildman–Crippen MR) is 273 cm³/mol. The van der Waals surface area contributed by atoms with Gasteiger partial charge in [-0.1, -0.05) is 182 Å². The molecule has 0 atom stereocenters. The highest BCUT2D eigenvalue weighted by molar-refractivity contribution is 7.20. The zero-order chi connectivity index (χ0) is 42.2. The van der Waals surface area contributed by atoms with Crippen LogP contribution < -0.4 is 20.7 Å². The highest BCUT2D eigenvalue weighted by atomic mass is 28.3. The maximum atomic E-state index is 2.55. The Balaban J connectivity index is 1.15. The smallest absolute Gasteiger partial charge is 0.179 e. The number of hydrogen-bond acceptors (Lipinski definition) is 0. The topological polar surface area (TPSA) is 14.8 Å². The van der Waals surface area contributed by atoms with Crippen molar-refractivity contribution >= 4 is 94.2 Å². The van der Waals surface area contributed by atoms with Crippen LogP contribution in [0.25, 0.3) is 82.5 Å². The summed E-state index contributed by atoms with van der Waals surface area (Å²) in [6, 6.07) is 92.3. The molecule has 13 rings (SSSR count). The summed E-state index contributed by atoms with van der Waals surface area (Å²) in [5.41, 5.74) is 10.6. The van der Waals surface area contributed by atoms with E-state index in [0.29, 0.717) is 0 Å². The van der Waals surface area contributed by atoms with E-state index in [1.54, 1.807) is 0 Å². The molecule has 13 aromatic rings. The maximum Gasteiger partial charge on any atom is 0.179 e. The first kappa shape index (κ1) is 36.5. The molecule has 0 fully saturated rings. The molecule has 4 heteroatoms. The summed E-state index contributed by atoms with van der Waals surface area (Å²) in [6.07, 6.45) is 0. The molecule has 0 saturated heterocycles. The summed E-state index contributed by atoms with van der Waals surface area (Å²) < 4.78 is 7.44. The van der Waals surface area contributed by atoms with Crippen LogP contribution in [-0.2, 0) is 0 Å². The van der Waals surface area contributed by atoms with Crippen molar-refractivity contribution in [2.45, 2.75) is 0 Å². The monoisotopic (exact) mass is 831 g/mol. The van der Waals surface area contributed by atoms with Gasteiger partial charge in [-0.3, -0.25) is 0 Å². The molecule has 0 bridgehead atoms. The van der Waals surface area contributed by atoms with Gasteiger partial charge in [-0.15, -0.1) is 0 Å². The molecule has 0 amide bonds. The average molecular weight is 832 g/mol. The molecule has 0 spiro atoms. The van der Waals surface area contributed by atoms with E-state index in [1.165, 1.54) is 86.2 Å². The Hall–Kier alpha value is -8.18. The number of fused-ring (bicyclic) bond motifs is 9. The average Bonchev–Trinajstić information content (AvgIpc) is 4.01. The molecule has 0 N–H and O–H groups in total. The van der Waals surface area contributed by atoms with Crippen molar-refractivity contribution in [3.8, 4) is 17.1 Å². The lowest BCUT2D eigenvalue weighted by molar-refractivity contribution is 1.16. The number of aromatic nitrogens is 3. The van der Waals surface area contributed by atoms with E-state index in [0.717, 1.165) is 17.1 Å². The third-order valence-electron chi connectivity index (χ3n) is 13.6. The summed E-state index contributed by atoms with van der Waals surface area (Å²) in [4.78, 5) is 0. The van der Waals surface area contributed by atoms with Crippen molar-refractivity contribution < 1.29 is 0 Å². The first-order valence-electron chi connectivity index (χ1n) is 22.1. The fraction of sp³-hybridized carbons (Fsp3) is 0. The minimum atomic E-state index is -2.83. The SMILES string of the molecule is c1ccc(-n2c3ccc(-n4c5ccccc5c5ccccc54)cc3c3c(-n4c5ccccc5c5ccc([Si](c6ccccc6)(c6ccccc6)c6ccccc6)cc54)cccc32)cc1. The van der Waals surface area contributed by atoms with E-state index in [2.05, 4.69) is 262 Å². The molecular weight excluding hydrogens is 791 g/mol. The Kier molecular flexibility index (Phi) is 8.23. The molecule has 0 radical (unpaired) electrons. The molecular formula is C60H41N3Si. The van der Waals surface area contributed by atoms with Crippen molar-refractivity contribution in [1.82, 2.24) is 13.7 Å². The molecule has 3 nitrogen and oxygen atoms in total. The molecule has 0 unspecified atom stereocenters. The van der Waals surface area contributed by atoms with E-state index in [9.17, 15) is 0 Å². The van der Waals surface area contributed by atoms with Crippen molar-refractivity contribution in [1.29, 1.82) is 0 Å². The van der Waals surface area contributed by atoms with Crippen molar-refractivity contribution in [2.24, 2.45) is 0 Å². The minimum Gasteiger partial charge on any atom is -0.309 e. The minimum absolute atomic E-state index is 1.14. The first-order chi connectivity index (χ1) is 31.8. The zero-order valence-electron chi connectivity index (χ0n) is 35.0. The number of para-hydroxylation sites is 4. The number of hydrogen-bond donors (Lipinski definition) is 0. The molecule has 0 aliphatic heterocycles. The van der Waals surface area contributed by atoms with Crippen LogP contribution in [0, 0.1) is 0 Å². The van der Waals surface area contributed by atoms with Gasteiger partial charge in [0.2, 0.25) is 0 Å². The lowest BCUT2D eigenvalue weighted by Gasteiger charge is -2.34. The van der Waals surface area contributed by atoms with Gasteiger partial charge in [-0.2, -0.15) is 0 Å². The standard InChI is InChI=1S/C60H41N3Si/c1-5-20-42(21-6-1)61-56-39-36-43(62-53-31-16-13-28-48(53)49-29-14-17-32-54(49)62)40-52(56)60-57(61)34-19-35-58(60)63-55-33-18-15-30-50(55)51-38-37-47(41-59(51)63)64(44-22-7-2-8-23-44,45-24-9-3-10-25-45)46-26-11-4-12-27-46/h1-41H. The molecule has 0 aliphatic rings. The maximum absolute atomic E-state index is 2.83. The van der Waals surface area contributed by atoms with Gasteiger partial charge in [0.15, 0.2) is 8.07 Å². The number of nitrogens with zero attached hydrogens (tertiary/aromatic N) is 3. The Bertz CT molecular complexity index is 3730. The second-order valence-corrected chi connectivity index (χ2v) is 20.7. The molecule has 0 aliphatic carbocycles. The third kappa shape index (κ3) is 5.27. The summed E-state index contributed by atoms with van der Waals surface area (Å²) >= 11 is 0. The van der Waals surface area contributed by atoms with E-state index < -0.39 is 8.07 Å². The molecule has 10 aromatic carbocycles. The normalized spacial score (nSPS) is 12.1. The second-order valence-electron chi connectivity index (χ2n) is 16.8. The summed E-state index contributed by atoms with van der Waals surface area (Å²) in [7, 11) is -2.83. The van der Waals surface area contributed by atoms with Crippen molar-refractivity contribution in [3.05, 3.63) is 249 Å². The van der Waals surface area contributed by atoms with Gasteiger partial charge in [-0.05, 0) is 87.5 Å². The third-order valence-corrected chi connectivity index (χ3v) is 18.3. The molecule has 3 heterocycles. The lowest BCUT2D eigenvalue weighted by Crippen LogP contribution is -2.74. The first-order valence-corrected chi connectivity index (χ1v) is 24.1. The lowest BCUT2D eigenvalue weighted by atomic mass is 10.1. The van der Waals surface area contributed by atoms with E-state index in [4.69, 9.17) is 0 Å². The van der Waals surface area contributed by atoms with Gasteiger partial charge in [0.05, 0.1) is 38.8 Å². The van der Waals surface area contributed by atoms with E-state index in [-0.39, 0.29) is 0 Å². The molecule has 64 heavy (non-hydrogen) atoms. The Morgan fingerprint density at radius 2 is 0.672 bits per heavy atom. The molecule has 300 valence electrons. The Morgan fingerprint density at radius 3 is 1.23 bits per heavy atom. The fourth-order valence-corrected chi connectivity index (χ4v) is 15.7. The molecule has 0 saturated carbocycles. The summed E-state index contributed by atoms with van der Waals surface area (Å²) in [6.45, 7) is 0. The van der Waals surface area contributed by atoms with Crippen LogP contribution in [0.1, 0.15) is 0 Å². The van der Waals surface area contributed by atoms with Gasteiger partial charge in [-0.25, -0.2) is 0 Å². The van der Waals surface area contributed by atoms with Gasteiger partial charge < -0.3 is 13.7 Å². The largest absolute Gasteiger partial charge is 0.309 e. The van der Waals surface area contributed by atoms with E-state index in [1.807, 2.05) is 0 Å². The van der Waals surface area contributed by atoms with Crippen LogP contribution in [0.5, 0.6) is 0 Å². The van der Waals surface area contributed by atoms with Gasteiger partial charge >= 0.3 is 0 Å². The predicted octanol–water partition coefficient (Wildman–Crippen LogP) is 12.4. The van der Waals surface area contributed by atoms with E-state index >= 15 is 0 Å². The van der Waals surface area contributed by atoms with Crippen molar-refractivity contribution in [3.63, 3.8) is 0 Å². The zero-order valence-corrected chi connectivity index (χ0v) is 36.0. The van der Waals surface area contributed by atoms with Gasteiger partial charge in [0.25, 0.3) is 0 Å². The highest BCUT2D eigenvalue weighted by Crippen LogP contribution is 2.41. The fourth-order valence-electron chi connectivity index (χ4n) is 10.9. The highest BCUT2D eigenvalue weighted by Gasteiger charge is 2.41. The summed E-state index contributed by atoms with van der Waals surface area (Å²) in [5.74, 6) is 0. The van der Waals surface area contributed by atoms with Crippen LogP contribution in [0.3, 0.4) is 0 Å². The number of rotatable bonds is 7.